The molecule has 2 rings (SSSR count). The number of rotatable bonds is 3. The van der Waals surface area contributed by atoms with Gasteiger partial charge in [-0.1, -0.05) is 34.8 Å². The molecule has 0 fully saturated rings. The van der Waals surface area contributed by atoms with Crippen molar-refractivity contribution in [2.75, 3.05) is 5.32 Å². The van der Waals surface area contributed by atoms with Crippen molar-refractivity contribution in [2.24, 2.45) is 0 Å². The van der Waals surface area contributed by atoms with Crippen LogP contribution in [0.3, 0.4) is 0 Å². The average molecular weight is 347 g/mol. The SMILES string of the molecule is O=C(Nc1cc([N+](=O)[O-])ccc1Cl)c1nc(Cl)ccc1Cl. The molecule has 1 aromatic carbocycles. The number of aromatic nitrogens is 1. The van der Waals surface area contributed by atoms with Crippen LogP contribution in [0.15, 0.2) is 30.3 Å². The number of nitrogens with zero attached hydrogens (tertiary/aromatic N) is 2. The van der Waals surface area contributed by atoms with Crippen molar-refractivity contribution in [3.05, 3.63) is 61.3 Å². The number of carbonyl (C=O) groups is 1. The van der Waals surface area contributed by atoms with E-state index in [2.05, 4.69) is 10.3 Å². The van der Waals surface area contributed by atoms with Gasteiger partial charge < -0.3 is 5.32 Å². The zero-order valence-electron chi connectivity index (χ0n) is 10.1. The quantitative estimate of drug-likeness (QED) is 0.512. The lowest BCUT2D eigenvalue weighted by molar-refractivity contribution is -0.384. The van der Waals surface area contributed by atoms with E-state index in [0.717, 1.165) is 6.07 Å². The van der Waals surface area contributed by atoms with E-state index in [1.54, 1.807) is 0 Å². The van der Waals surface area contributed by atoms with Crippen LogP contribution in [-0.4, -0.2) is 15.8 Å². The molecule has 0 aliphatic heterocycles. The summed E-state index contributed by atoms with van der Waals surface area (Å²) in [6, 6.07) is 6.52. The van der Waals surface area contributed by atoms with Gasteiger partial charge in [0.05, 0.1) is 20.7 Å². The Hall–Kier alpha value is -1.89. The van der Waals surface area contributed by atoms with Crippen molar-refractivity contribution < 1.29 is 9.72 Å². The lowest BCUT2D eigenvalue weighted by atomic mass is 10.2. The zero-order chi connectivity index (χ0) is 15.6. The maximum Gasteiger partial charge on any atom is 0.275 e. The van der Waals surface area contributed by atoms with Gasteiger partial charge in [0.25, 0.3) is 11.6 Å². The number of halogens is 3. The largest absolute Gasteiger partial charge is 0.319 e. The fourth-order valence-corrected chi connectivity index (χ4v) is 1.99. The fraction of sp³-hybridized carbons (Fsp3) is 0. The Kier molecular flexibility index (Phi) is 4.62. The topological polar surface area (TPSA) is 85.1 Å². The summed E-state index contributed by atoms with van der Waals surface area (Å²) in [6.07, 6.45) is 0. The molecule has 0 aliphatic rings. The second-order valence-corrected chi connectivity index (χ2v) is 5.04. The number of pyridine rings is 1. The molecule has 21 heavy (non-hydrogen) atoms. The molecule has 2 aromatic rings. The third kappa shape index (κ3) is 3.60. The van der Waals surface area contributed by atoms with Crippen molar-refractivity contribution in [3.63, 3.8) is 0 Å². The molecule has 9 heteroatoms. The van der Waals surface area contributed by atoms with Crippen molar-refractivity contribution in [2.45, 2.75) is 0 Å². The van der Waals surface area contributed by atoms with E-state index in [1.165, 1.54) is 24.3 Å². The number of hydrogen-bond donors (Lipinski definition) is 1. The lowest BCUT2D eigenvalue weighted by Crippen LogP contribution is -2.14. The molecule has 0 aliphatic carbocycles. The van der Waals surface area contributed by atoms with Crippen LogP contribution in [0.1, 0.15) is 10.5 Å². The van der Waals surface area contributed by atoms with Crippen LogP contribution in [0.25, 0.3) is 0 Å². The van der Waals surface area contributed by atoms with Crippen LogP contribution in [0, 0.1) is 10.1 Å². The number of nitro groups is 1. The summed E-state index contributed by atoms with van der Waals surface area (Å²) >= 11 is 17.4. The summed E-state index contributed by atoms with van der Waals surface area (Å²) in [6.45, 7) is 0. The molecule has 108 valence electrons. The van der Waals surface area contributed by atoms with E-state index in [-0.39, 0.29) is 32.3 Å². The number of amides is 1. The van der Waals surface area contributed by atoms with Gasteiger partial charge in [-0.25, -0.2) is 4.98 Å². The third-order valence-corrected chi connectivity index (χ3v) is 3.28. The standard InChI is InChI=1S/C12H6Cl3N3O3/c13-7-2-1-6(18(20)21)5-9(7)16-12(19)11-8(14)3-4-10(15)17-11/h1-5H,(H,16,19). The lowest BCUT2D eigenvalue weighted by Gasteiger charge is -2.08. The maximum atomic E-state index is 12.1. The van der Waals surface area contributed by atoms with Gasteiger partial charge in [0.1, 0.15) is 10.8 Å². The second kappa shape index (κ2) is 6.26. The third-order valence-electron chi connectivity index (χ3n) is 2.44. The number of anilines is 1. The van der Waals surface area contributed by atoms with Gasteiger partial charge in [-0.2, -0.15) is 0 Å². The van der Waals surface area contributed by atoms with E-state index in [1.807, 2.05) is 0 Å². The molecular weight excluding hydrogens is 341 g/mol. The normalized spacial score (nSPS) is 10.2. The molecule has 0 atom stereocenters. The Bertz CT molecular complexity index is 737. The van der Waals surface area contributed by atoms with Crippen molar-refractivity contribution in [3.8, 4) is 0 Å². The molecular formula is C12H6Cl3N3O3. The van der Waals surface area contributed by atoms with E-state index >= 15 is 0 Å². The summed E-state index contributed by atoms with van der Waals surface area (Å²) in [4.78, 5) is 26.0. The van der Waals surface area contributed by atoms with Crippen molar-refractivity contribution in [1.82, 2.24) is 4.98 Å². The molecule has 1 aromatic heterocycles. The smallest absolute Gasteiger partial charge is 0.275 e. The zero-order valence-corrected chi connectivity index (χ0v) is 12.4. The van der Waals surface area contributed by atoms with E-state index < -0.39 is 10.8 Å². The number of carbonyl (C=O) groups excluding carboxylic acids is 1. The Morgan fingerprint density at radius 1 is 1.14 bits per heavy atom. The maximum absolute atomic E-state index is 12.1. The summed E-state index contributed by atoms with van der Waals surface area (Å²) in [5.74, 6) is -0.676. The molecule has 6 nitrogen and oxygen atoms in total. The van der Waals surface area contributed by atoms with Gasteiger partial charge in [0, 0.05) is 12.1 Å². The highest BCUT2D eigenvalue weighted by molar-refractivity contribution is 6.36. The molecule has 0 saturated heterocycles. The number of non-ortho nitro benzene ring substituents is 1. The van der Waals surface area contributed by atoms with Crippen LogP contribution in [0.4, 0.5) is 11.4 Å². The van der Waals surface area contributed by atoms with Crippen LogP contribution < -0.4 is 5.32 Å². The van der Waals surface area contributed by atoms with Crippen LogP contribution in [-0.2, 0) is 0 Å². The fourth-order valence-electron chi connectivity index (χ4n) is 1.48. The van der Waals surface area contributed by atoms with E-state index in [9.17, 15) is 14.9 Å². The van der Waals surface area contributed by atoms with Crippen molar-refractivity contribution >= 4 is 52.1 Å². The Labute approximate surface area is 133 Å². The van der Waals surface area contributed by atoms with E-state index in [0.29, 0.717) is 0 Å². The predicted molar refractivity (Wildman–Crippen MR) is 80.3 cm³/mol. The van der Waals surface area contributed by atoms with Crippen molar-refractivity contribution in [1.29, 1.82) is 0 Å². The summed E-state index contributed by atoms with van der Waals surface area (Å²) in [5.41, 5.74) is -0.236. The molecule has 1 N–H and O–H groups in total. The first-order chi connectivity index (χ1) is 9.88. The second-order valence-electron chi connectivity index (χ2n) is 3.84. The van der Waals surface area contributed by atoms with Gasteiger partial charge in [-0.05, 0) is 18.2 Å². The Morgan fingerprint density at radius 3 is 2.48 bits per heavy atom. The van der Waals surface area contributed by atoms with Gasteiger partial charge in [0.15, 0.2) is 0 Å². The first kappa shape index (κ1) is 15.5. The van der Waals surface area contributed by atoms with Crippen LogP contribution in [0.2, 0.25) is 15.2 Å². The van der Waals surface area contributed by atoms with Crippen LogP contribution in [0.5, 0.6) is 0 Å². The highest BCUT2D eigenvalue weighted by atomic mass is 35.5. The summed E-state index contributed by atoms with van der Waals surface area (Å²) in [5, 5.41) is 13.5. The van der Waals surface area contributed by atoms with Gasteiger partial charge in [-0.3, -0.25) is 14.9 Å². The van der Waals surface area contributed by atoms with Gasteiger partial charge in [0.2, 0.25) is 0 Å². The monoisotopic (exact) mass is 345 g/mol. The minimum atomic E-state index is -0.676. The van der Waals surface area contributed by atoms with Crippen LogP contribution >= 0.6 is 34.8 Å². The number of nitrogens with one attached hydrogen (secondary N) is 1. The van der Waals surface area contributed by atoms with Gasteiger partial charge in [-0.15, -0.1) is 0 Å². The van der Waals surface area contributed by atoms with E-state index in [4.69, 9.17) is 34.8 Å². The number of nitro benzene ring substituents is 1. The molecule has 1 amide bonds. The molecule has 0 bridgehead atoms. The highest BCUT2D eigenvalue weighted by Gasteiger charge is 2.16. The average Bonchev–Trinajstić information content (AvgIpc) is 2.43. The Balaban J connectivity index is 2.33. The Morgan fingerprint density at radius 2 is 1.81 bits per heavy atom. The molecule has 0 spiro atoms. The number of hydrogen-bond acceptors (Lipinski definition) is 4. The minimum Gasteiger partial charge on any atom is -0.319 e. The summed E-state index contributed by atoms with van der Waals surface area (Å²) < 4.78 is 0. The molecule has 0 saturated carbocycles. The van der Waals surface area contributed by atoms with Gasteiger partial charge >= 0.3 is 0 Å². The predicted octanol–water partition coefficient (Wildman–Crippen LogP) is 4.20. The first-order valence-electron chi connectivity index (χ1n) is 5.46. The first-order valence-corrected chi connectivity index (χ1v) is 6.59. The molecule has 1 heterocycles. The molecule has 0 unspecified atom stereocenters. The summed E-state index contributed by atoms with van der Waals surface area (Å²) in [7, 11) is 0. The highest BCUT2D eigenvalue weighted by Crippen LogP contribution is 2.27. The minimum absolute atomic E-state index is 0.0775. The molecule has 0 radical (unpaired) electrons. The number of benzene rings is 1.